The Bertz CT molecular complexity index is 668. The minimum Gasteiger partial charge on any atom is -0.497 e. The maximum Gasteiger partial charge on any atom is 0.507 e. The molecule has 2 aromatic rings. The van der Waals surface area contributed by atoms with Crippen molar-refractivity contribution in [1.29, 1.82) is 0 Å². The molecule has 1 aliphatic rings. The van der Waals surface area contributed by atoms with Crippen LogP contribution in [0.1, 0.15) is 27.7 Å². The highest BCUT2D eigenvalue weighted by Crippen LogP contribution is 2.37. The SMILES string of the molecule is COc1cccc(-c2ncc(B3OC(C)(C)C(C)(C)O3)s2)c1. The van der Waals surface area contributed by atoms with E-state index >= 15 is 0 Å². The Morgan fingerprint density at radius 3 is 2.45 bits per heavy atom. The van der Waals surface area contributed by atoms with Gasteiger partial charge in [-0.2, -0.15) is 0 Å². The lowest BCUT2D eigenvalue weighted by Crippen LogP contribution is -2.41. The van der Waals surface area contributed by atoms with E-state index in [1.54, 1.807) is 18.4 Å². The molecular weight excluding hydrogens is 297 g/mol. The summed E-state index contributed by atoms with van der Waals surface area (Å²) in [4.78, 5) is 4.50. The lowest BCUT2D eigenvalue weighted by Gasteiger charge is -2.32. The summed E-state index contributed by atoms with van der Waals surface area (Å²) in [6.45, 7) is 8.21. The predicted molar refractivity (Wildman–Crippen MR) is 89.8 cm³/mol. The van der Waals surface area contributed by atoms with Crippen LogP contribution in [0.5, 0.6) is 5.75 Å². The number of hydrogen-bond acceptors (Lipinski definition) is 5. The molecule has 116 valence electrons. The Morgan fingerprint density at radius 2 is 1.82 bits per heavy atom. The zero-order chi connectivity index (χ0) is 16.0. The highest BCUT2D eigenvalue weighted by Gasteiger charge is 2.52. The van der Waals surface area contributed by atoms with Gasteiger partial charge in [0.15, 0.2) is 0 Å². The number of thiazole rings is 1. The van der Waals surface area contributed by atoms with E-state index < -0.39 is 0 Å². The second-order valence-electron chi connectivity index (χ2n) is 6.39. The lowest BCUT2D eigenvalue weighted by atomic mass is 9.89. The number of ether oxygens (including phenoxy) is 1. The van der Waals surface area contributed by atoms with Crippen molar-refractivity contribution in [1.82, 2.24) is 4.98 Å². The van der Waals surface area contributed by atoms with Gasteiger partial charge in [0.05, 0.1) is 23.1 Å². The summed E-state index contributed by atoms with van der Waals surface area (Å²) >= 11 is 1.59. The molecule has 0 N–H and O–H groups in total. The molecule has 4 nitrogen and oxygen atoms in total. The van der Waals surface area contributed by atoms with E-state index in [2.05, 4.69) is 32.7 Å². The summed E-state index contributed by atoms with van der Waals surface area (Å²) in [6.07, 6.45) is 1.83. The molecule has 6 heteroatoms. The van der Waals surface area contributed by atoms with Crippen molar-refractivity contribution in [2.45, 2.75) is 38.9 Å². The fourth-order valence-electron chi connectivity index (χ4n) is 2.24. The summed E-state index contributed by atoms with van der Waals surface area (Å²) < 4.78 is 18.4. The molecule has 1 aliphatic heterocycles. The van der Waals surface area contributed by atoms with Crippen molar-refractivity contribution in [3.63, 3.8) is 0 Å². The molecule has 0 spiro atoms. The third-order valence-corrected chi connectivity index (χ3v) is 5.39. The van der Waals surface area contributed by atoms with Gasteiger partial charge in [-0.3, -0.25) is 0 Å². The Hall–Kier alpha value is -1.37. The van der Waals surface area contributed by atoms with E-state index in [0.717, 1.165) is 21.1 Å². The van der Waals surface area contributed by atoms with Crippen LogP contribution < -0.4 is 9.51 Å². The molecule has 0 bridgehead atoms. The lowest BCUT2D eigenvalue weighted by molar-refractivity contribution is 0.00578. The minimum atomic E-state index is -0.359. The molecule has 0 radical (unpaired) electrons. The summed E-state index contributed by atoms with van der Waals surface area (Å²) in [5.74, 6) is 0.824. The summed E-state index contributed by atoms with van der Waals surface area (Å²) in [6, 6.07) is 7.89. The average molecular weight is 317 g/mol. The molecule has 2 heterocycles. The van der Waals surface area contributed by atoms with Crippen molar-refractivity contribution >= 4 is 23.2 Å². The fraction of sp³-hybridized carbons (Fsp3) is 0.438. The van der Waals surface area contributed by atoms with Crippen molar-refractivity contribution in [3.05, 3.63) is 30.5 Å². The first-order chi connectivity index (χ1) is 10.3. The Kier molecular flexibility index (Phi) is 3.79. The molecule has 0 saturated carbocycles. The zero-order valence-electron chi connectivity index (χ0n) is 13.5. The number of rotatable bonds is 3. The first-order valence-electron chi connectivity index (χ1n) is 7.28. The first kappa shape index (κ1) is 15.5. The van der Waals surface area contributed by atoms with Crippen LogP contribution in [0.15, 0.2) is 30.5 Å². The van der Waals surface area contributed by atoms with Gasteiger partial charge in [-0.25, -0.2) is 4.98 Å². The average Bonchev–Trinajstić information content (AvgIpc) is 3.02. The third-order valence-electron chi connectivity index (χ3n) is 4.33. The van der Waals surface area contributed by atoms with Crippen molar-refractivity contribution in [3.8, 4) is 16.3 Å². The Balaban J connectivity index is 1.86. The van der Waals surface area contributed by atoms with Gasteiger partial charge >= 0.3 is 7.12 Å². The van der Waals surface area contributed by atoms with Gasteiger partial charge < -0.3 is 14.0 Å². The van der Waals surface area contributed by atoms with Crippen molar-refractivity contribution in [2.75, 3.05) is 7.11 Å². The number of methoxy groups -OCH3 is 1. The number of nitrogens with zero attached hydrogens (tertiary/aromatic N) is 1. The molecule has 0 amide bonds. The number of aromatic nitrogens is 1. The zero-order valence-corrected chi connectivity index (χ0v) is 14.4. The molecule has 0 aliphatic carbocycles. The normalized spacial score (nSPS) is 19.4. The molecule has 3 rings (SSSR count). The van der Waals surface area contributed by atoms with Gasteiger partial charge in [0, 0.05) is 11.8 Å². The van der Waals surface area contributed by atoms with Crippen LogP contribution in [-0.4, -0.2) is 30.4 Å². The number of hydrogen-bond donors (Lipinski definition) is 0. The van der Waals surface area contributed by atoms with Crippen molar-refractivity contribution in [2.24, 2.45) is 0 Å². The maximum absolute atomic E-state index is 6.07. The molecule has 1 saturated heterocycles. The van der Waals surface area contributed by atoms with Crippen LogP contribution in [0.2, 0.25) is 0 Å². The quantitative estimate of drug-likeness (QED) is 0.816. The predicted octanol–water partition coefficient (Wildman–Crippen LogP) is 3.12. The van der Waals surface area contributed by atoms with Crippen LogP contribution >= 0.6 is 11.3 Å². The molecular formula is C16H20BNO3S. The molecule has 1 aromatic heterocycles. The van der Waals surface area contributed by atoms with E-state index in [-0.39, 0.29) is 18.3 Å². The van der Waals surface area contributed by atoms with Crippen LogP contribution in [0, 0.1) is 0 Å². The van der Waals surface area contributed by atoms with Crippen LogP contribution in [-0.2, 0) is 9.31 Å². The third kappa shape index (κ3) is 2.66. The minimum absolute atomic E-state index is 0.336. The molecule has 0 atom stereocenters. The highest BCUT2D eigenvalue weighted by molar-refractivity contribution is 7.24. The van der Waals surface area contributed by atoms with E-state index in [9.17, 15) is 0 Å². The largest absolute Gasteiger partial charge is 0.507 e. The Morgan fingerprint density at radius 1 is 1.14 bits per heavy atom. The van der Waals surface area contributed by atoms with E-state index in [1.807, 2.05) is 30.5 Å². The van der Waals surface area contributed by atoms with Crippen molar-refractivity contribution < 1.29 is 14.0 Å². The molecule has 1 fully saturated rings. The van der Waals surface area contributed by atoms with Gasteiger partial charge in [-0.1, -0.05) is 12.1 Å². The maximum atomic E-state index is 6.07. The smallest absolute Gasteiger partial charge is 0.497 e. The molecule has 22 heavy (non-hydrogen) atoms. The van der Waals surface area contributed by atoms with E-state index in [0.29, 0.717) is 0 Å². The van der Waals surface area contributed by atoms with Crippen LogP contribution in [0.4, 0.5) is 0 Å². The van der Waals surface area contributed by atoms with E-state index in [1.165, 1.54) is 0 Å². The molecule has 0 unspecified atom stereocenters. The van der Waals surface area contributed by atoms with Gasteiger partial charge in [0.25, 0.3) is 0 Å². The fourth-order valence-corrected chi connectivity index (χ4v) is 3.12. The van der Waals surface area contributed by atoms with Gasteiger partial charge in [0.1, 0.15) is 10.8 Å². The second kappa shape index (κ2) is 5.37. The highest BCUT2D eigenvalue weighted by atomic mass is 32.1. The van der Waals surface area contributed by atoms with Gasteiger partial charge in [0.2, 0.25) is 0 Å². The summed E-state index contributed by atoms with van der Waals surface area (Å²) in [5.41, 5.74) is 0.363. The van der Waals surface area contributed by atoms with Crippen LogP contribution in [0.3, 0.4) is 0 Å². The molecule has 1 aromatic carbocycles. The second-order valence-corrected chi connectivity index (χ2v) is 7.45. The monoisotopic (exact) mass is 317 g/mol. The van der Waals surface area contributed by atoms with E-state index in [4.69, 9.17) is 14.0 Å². The van der Waals surface area contributed by atoms with Gasteiger partial charge in [-0.15, -0.1) is 11.3 Å². The topological polar surface area (TPSA) is 40.6 Å². The summed E-state index contributed by atoms with van der Waals surface area (Å²) in [7, 11) is 1.30. The summed E-state index contributed by atoms with van der Waals surface area (Å²) in [5, 5.41) is 0.934. The Labute approximate surface area is 135 Å². The standard InChI is InChI=1S/C16H20BNO3S/c1-15(2)16(3,4)21-17(20-15)13-10-18-14(22-13)11-7-6-8-12(9-11)19-5/h6-10H,1-5H3. The van der Waals surface area contributed by atoms with Crippen LogP contribution in [0.25, 0.3) is 10.6 Å². The number of benzene rings is 1. The first-order valence-corrected chi connectivity index (χ1v) is 8.10. The van der Waals surface area contributed by atoms with Gasteiger partial charge in [-0.05, 0) is 39.8 Å².